The predicted octanol–water partition coefficient (Wildman–Crippen LogP) is 1.72. The van der Waals surface area contributed by atoms with E-state index < -0.39 is 0 Å². The van der Waals surface area contributed by atoms with Crippen molar-refractivity contribution in [1.29, 1.82) is 0 Å². The molecule has 0 aliphatic heterocycles. The van der Waals surface area contributed by atoms with Crippen LogP contribution in [0.4, 0.5) is 0 Å². The molecule has 0 spiro atoms. The van der Waals surface area contributed by atoms with Gasteiger partial charge in [0.05, 0.1) is 13.5 Å². The van der Waals surface area contributed by atoms with E-state index in [0.29, 0.717) is 23.3 Å². The molecule has 0 radical (unpaired) electrons. The number of H-pyrrole nitrogens is 1. The number of esters is 1. The van der Waals surface area contributed by atoms with Crippen molar-refractivity contribution in [2.45, 2.75) is 11.6 Å². The number of hydrogen-bond donors (Lipinski definition) is 1. The van der Waals surface area contributed by atoms with E-state index in [-0.39, 0.29) is 5.97 Å². The standard InChI is InChI=1S/C10H11N3O3S/c1-15-8(14)4-6-17-10-13-12-9(16-10)7-3-2-5-11-7/h2-3,5,11H,4,6H2,1H3. The Labute approximate surface area is 102 Å². The second kappa shape index (κ2) is 5.53. The summed E-state index contributed by atoms with van der Waals surface area (Å²) < 4.78 is 9.93. The van der Waals surface area contributed by atoms with Crippen molar-refractivity contribution >= 4 is 17.7 Å². The quantitative estimate of drug-likeness (QED) is 0.645. The minimum Gasteiger partial charge on any atom is -0.469 e. The smallest absolute Gasteiger partial charge is 0.306 e. The zero-order valence-electron chi connectivity index (χ0n) is 9.17. The second-order valence-electron chi connectivity index (χ2n) is 3.13. The predicted molar refractivity (Wildman–Crippen MR) is 61.4 cm³/mol. The second-order valence-corrected chi connectivity index (χ2v) is 4.18. The first-order valence-electron chi connectivity index (χ1n) is 4.96. The SMILES string of the molecule is COC(=O)CCSc1nnc(-c2ccc[nH]2)o1. The maximum absolute atomic E-state index is 10.9. The lowest BCUT2D eigenvalue weighted by molar-refractivity contribution is -0.140. The first-order chi connectivity index (χ1) is 8.29. The van der Waals surface area contributed by atoms with Crippen molar-refractivity contribution in [2.24, 2.45) is 0 Å². The van der Waals surface area contributed by atoms with Gasteiger partial charge in [0.1, 0.15) is 5.69 Å². The fraction of sp³-hybridized carbons (Fsp3) is 0.300. The molecule has 17 heavy (non-hydrogen) atoms. The van der Waals surface area contributed by atoms with Crippen molar-refractivity contribution in [3.8, 4) is 11.6 Å². The van der Waals surface area contributed by atoms with Gasteiger partial charge >= 0.3 is 5.97 Å². The zero-order chi connectivity index (χ0) is 12.1. The van der Waals surface area contributed by atoms with Crippen molar-refractivity contribution < 1.29 is 13.9 Å². The molecule has 0 bridgehead atoms. The summed E-state index contributed by atoms with van der Waals surface area (Å²) in [4.78, 5) is 13.9. The summed E-state index contributed by atoms with van der Waals surface area (Å²) in [5.74, 6) is 0.746. The molecule has 2 aromatic rings. The van der Waals surface area contributed by atoms with Gasteiger partial charge in [0.2, 0.25) is 0 Å². The first kappa shape index (κ1) is 11.7. The molecule has 2 rings (SSSR count). The van der Waals surface area contributed by atoms with E-state index in [1.807, 2.05) is 12.1 Å². The number of ether oxygens (including phenoxy) is 1. The van der Waals surface area contributed by atoms with Crippen LogP contribution in [0.15, 0.2) is 28.0 Å². The van der Waals surface area contributed by atoms with Gasteiger partial charge in [-0.2, -0.15) is 0 Å². The lowest BCUT2D eigenvalue weighted by Gasteiger charge is -1.95. The van der Waals surface area contributed by atoms with Crippen LogP contribution in [-0.4, -0.2) is 34.0 Å². The number of aromatic nitrogens is 3. The van der Waals surface area contributed by atoms with Gasteiger partial charge < -0.3 is 14.1 Å². The lowest BCUT2D eigenvalue weighted by Crippen LogP contribution is -2.00. The molecule has 0 amide bonds. The van der Waals surface area contributed by atoms with E-state index in [1.54, 1.807) is 6.20 Å². The Morgan fingerprint density at radius 3 is 3.18 bits per heavy atom. The van der Waals surface area contributed by atoms with E-state index >= 15 is 0 Å². The highest BCUT2D eigenvalue weighted by Crippen LogP contribution is 2.22. The highest BCUT2D eigenvalue weighted by Gasteiger charge is 2.10. The Morgan fingerprint density at radius 1 is 1.59 bits per heavy atom. The van der Waals surface area contributed by atoms with Gasteiger partial charge in [-0.25, -0.2) is 0 Å². The summed E-state index contributed by atoms with van der Waals surface area (Å²) in [5.41, 5.74) is 0.775. The molecule has 1 N–H and O–H groups in total. The molecule has 0 aliphatic rings. The topological polar surface area (TPSA) is 81.0 Å². The maximum Gasteiger partial charge on any atom is 0.306 e. The molecule has 7 heteroatoms. The third kappa shape index (κ3) is 3.10. The summed E-state index contributed by atoms with van der Waals surface area (Å²) in [6.45, 7) is 0. The summed E-state index contributed by atoms with van der Waals surface area (Å²) in [5, 5.41) is 8.20. The molecule has 0 saturated heterocycles. The summed E-state index contributed by atoms with van der Waals surface area (Å²) >= 11 is 1.33. The molecule has 90 valence electrons. The Balaban J connectivity index is 1.89. The first-order valence-corrected chi connectivity index (χ1v) is 5.95. The molecule has 0 aliphatic carbocycles. The van der Waals surface area contributed by atoms with Crippen molar-refractivity contribution in [2.75, 3.05) is 12.9 Å². The van der Waals surface area contributed by atoms with Crippen molar-refractivity contribution in [3.63, 3.8) is 0 Å². The van der Waals surface area contributed by atoms with Gasteiger partial charge in [-0.15, -0.1) is 10.2 Å². The molecule has 0 aromatic carbocycles. The minimum atomic E-state index is -0.249. The van der Waals surface area contributed by atoms with Crippen LogP contribution in [0.25, 0.3) is 11.6 Å². The molecule has 2 aromatic heterocycles. The number of carbonyl (C=O) groups is 1. The van der Waals surface area contributed by atoms with Crippen LogP contribution in [0.1, 0.15) is 6.42 Å². The van der Waals surface area contributed by atoms with Crippen LogP contribution < -0.4 is 0 Å². The number of methoxy groups -OCH3 is 1. The number of nitrogens with zero attached hydrogens (tertiary/aromatic N) is 2. The Bertz CT molecular complexity index is 481. The summed E-state index contributed by atoms with van der Waals surface area (Å²) in [7, 11) is 1.36. The fourth-order valence-corrected chi connectivity index (χ4v) is 1.84. The number of aromatic amines is 1. The van der Waals surface area contributed by atoms with Crippen LogP contribution in [-0.2, 0) is 9.53 Å². The van der Waals surface area contributed by atoms with Crippen LogP contribution in [0.5, 0.6) is 0 Å². The van der Waals surface area contributed by atoms with Crippen molar-refractivity contribution in [1.82, 2.24) is 15.2 Å². The molecule has 2 heterocycles. The number of hydrogen-bond acceptors (Lipinski definition) is 6. The van der Waals surface area contributed by atoms with Crippen LogP contribution in [0.3, 0.4) is 0 Å². The third-order valence-corrected chi connectivity index (χ3v) is 2.81. The van der Waals surface area contributed by atoms with Gasteiger partial charge in [0, 0.05) is 11.9 Å². The van der Waals surface area contributed by atoms with Crippen molar-refractivity contribution in [3.05, 3.63) is 18.3 Å². The van der Waals surface area contributed by atoms with Gasteiger partial charge in [0.15, 0.2) is 0 Å². The average Bonchev–Trinajstić information content (AvgIpc) is 2.98. The lowest BCUT2D eigenvalue weighted by atomic mass is 10.4. The molecule has 0 saturated carbocycles. The van der Waals surface area contributed by atoms with Gasteiger partial charge in [-0.1, -0.05) is 11.8 Å². The Hall–Kier alpha value is -1.76. The van der Waals surface area contributed by atoms with E-state index in [4.69, 9.17) is 4.42 Å². The van der Waals surface area contributed by atoms with E-state index in [2.05, 4.69) is 19.9 Å². The molecule has 6 nitrogen and oxygen atoms in total. The molecule has 0 unspecified atom stereocenters. The minimum absolute atomic E-state index is 0.249. The number of thioether (sulfide) groups is 1. The van der Waals surface area contributed by atoms with E-state index in [0.717, 1.165) is 5.69 Å². The Kier molecular flexibility index (Phi) is 3.81. The van der Waals surface area contributed by atoms with Crippen LogP contribution in [0.2, 0.25) is 0 Å². The van der Waals surface area contributed by atoms with Gasteiger partial charge in [0.25, 0.3) is 11.1 Å². The molecular formula is C10H11N3O3S. The molecular weight excluding hydrogens is 242 g/mol. The number of rotatable bonds is 5. The summed E-state index contributed by atoms with van der Waals surface area (Å²) in [6.07, 6.45) is 2.10. The highest BCUT2D eigenvalue weighted by molar-refractivity contribution is 7.99. The molecule has 0 fully saturated rings. The van der Waals surface area contributed by atoms with Crippen LogP contribution >= 0.6 is 11.8 Å². The monoisotopic (exact) mass is 253 g/mol. The largest absolute Gasteiger partial charge is 0.469 e. The van der Waals surface area contributed by atoms with Gasteiger partial charge in [-0.05, 0) is 12.1 Å². The summed E-state index contributed by atoms with van der Waals surface area (Å²) in [6, 6.07) is 3.69. The van der Waals surface area contributed by atoms with E-state index in [9.17, 15) is 4.79 Å². The highest BCUT2D eigenvalue weighted by atomic mass is 32.2. The van der Waals surface area contributed by atoms with Gasteiger partial charge in [-0.3, -0.25) is 4.79 Å². The average molecular weight is 253 g/mol. The third-order valence-electron chi connectivity index (χ3n) is 1.99. The molecule has 0 atom stereocenters. The fourth-order valence-electron chi connectivity index (χ4n) is 1.16. The Morgan fingerprint density at radius 2 is 2.47 bits per heavy atom. The maximum atomic E-state index is 10.9. The zero-order valence-corrected chi connectivity index (χ0v) is 9.99. The van der Waals surface area contributed by atoms with E-state index in [1.165, 1.54) is 18.9 Å². The number of carbonyl (C=O) groups excluding carboxylic acids is 1. The van der Waals surface area contributed by atoms with Crippen LogP contribution in [0, 0.1) is 0 Å². The normalized spacial score (nSPS) is 10.4. The number of nitrogens with one attached hydrogen (secondary N) is 1.